The minimum Gasteiger partial charge on any atom is -0.271 e. The third-order valence-electron chi connectivity index (χ3n) is 2.94. The Kier molecular flexibility index (Phi) is 5.14. The number of nitrogens with one attached hydrogen (secondary N) is 2. The van der Waals surface area contributed by atoms with Gasteiger partial charge in [0, 0.05) is 6.54 Å². The van der Waals surface area contributed by atoms with E-state index < -0.39 is 10.2 Å². The molecule has 5 heteroatoms. The molecule has 0 amide bonds. The number of rotatable bonds is 7. The number of hydrogen-bond acceptors (Lipinski definition) is 2. The van der Waals surface area contributed by atoms with Gasteiger partial charge in [0.05, 0.1) is 5.69 Å². The van der Waals surface area contributed by atoms with Crippen LogP contribution in [0.4, 0.5) is 5.69 Å². The summed E-state index contributed by atoms with van der Waals surface area (Å²) in [5.41, 5.74) is 2.36. The zero-order valence-corrected chi connectivity index (χ0v) is 12.4. The molecule has 0 spiro atoms. The van der Waals surface area contributed by atoms with Crippen molar-refractivity contribution >= 4 is 15.9 Å². The molecule has 0 aromatic heterocycles. The topological polar surface area (TPSA) is 58.2 Å². The average molecular weight is 302 g/mol. The van der Waals surface area contributed by atoms with Gasteiger partial charge in [-0.05, 0) is 23.6 Å². The van der Waals surface area contributed by atoms with Gasteiger partial charge in [-0.2, -0.15) is 13.1 Å². The number of allylic oxidation sites excluding steroid dienone is 1. The Bertz CT molecular complexity index is 697. The molecule has 2 aromatic rings. The van der Waals surface area contributed by atoms with Gasteiger partial charge in [0.25, 0.3) is 10.2 Å². The third kappa shape index (κ3) is 4.73. The van der Waals surface area contributed by atoms with Crippen LogP contribution >= 0.6 is 0 Å². The van der Waals surface area contributed by atoms with Crippen molar-refractivity contribution in [3.63, 3.8) is 0 Å². The van der Waals surface area contributed by atoms with Crippen molar-refractivity contribution in [1.29, 1.82) is 0 Å². The van der Waals surface area contributed by atoms with Crippen molar-refractivity contribution in [2.24, 2.45) is 0 Å². The van der Waals surface area contributed by atoms with Crippen LogP contribution in [-0.2, 0) is 23.2 Å². The van der Waals surface area contributed by atoms with Crippen LogP contribution in [0.25, 0.3) is 0 Å². The van der Waals surface area contributed by atoms with Gasteiger partial charge in [-0.1, -0.05) is 54.6 Å². The molecule has 0 aliphatic heterocycles. The van der Waals surface area contributed by atoms with Crippen LogP contribution in [0.5, 0.6) is 0 Å². The lowest BCUT2D eigenvalue weighted by Crippen LogP contribution is -2.30. The lowest BCUT2D eigenvalue weighted by atomic mass is 10.1. The van der Waals surface area contributed by atoms with E-state index in [9.17, 15) is 8.42 Å². The van der Waals surface area contributed by atoms with E-state index in [1.54, 1.807) is 18.2 Å². The molecule has 4 nitrogen and oxygen atoms in total. The normalized spacial score (nSPS) is 11.0. The minimum absolute atomic E-state index is 0.250. The van der Waals surface area contributed by atoms with Crippen molar-refractivity contribution in [3.8, 4) is 0 Å². The molecule has 0 aliphatic carbocycles. The van der Waals surface area contributed by atoms with Gasteiger partial charge in [-0.15, -0.1) is 6.58 Å². The molecule has 0 saturated heterocycles. The van der Waals surface area contributed by atoms with Crippen molar-refractivity contribution in [3.05, 3.63) is 78.4 Å². The van der Waals surface area contributed by atoms with Crippen molar-refractivity contribution in [2.75, 3.05) is 4.72 Å². The highest BCUT2D eigenvalue weighted by Gasteiger charge is 2.11. The Labute approximate surface area is 125 Å². The number of hydrogen-bond donors (Lipinski definition) is 2. The fourth-order valence-corrected chi connectivity index (χ4v) is 2.83. The van der Waals surface area contributed by atoms with Gasteiger partial charge in [0.15, 0.2) is 0 Å². The molecule has 0 bridgehead atoms. The zero-order valence-electron chi connectivity index (χ0n) is 11.6. The van der Waals surface area contributed by atoms with Gasteiger partial charge in [-0.3, -0.25) is 4.72 Å². The molecular formula is C16H18N2O2S. The number of para-hydroxylation sites is 1. The van der Waals surface area contributed by atoms with Crippen molar-refractivity contribution < 1.29 is 8.42 Å². The fraction of sp³-hybridized carbons (Fsp3) is 0.125. The van der Waals surface area contributed by atoms with E-state index in [4.69, 9.17) is 0 Å². The van der Waals surface area contributed by atoms with E-state index in [0.29, 0.717) is 12.1 Å². The molecule has 0 atom stereocenters. The lowest BCUT2D eigenvalue weighted by molar-refractivity contribution is 0.587. The number of anilines is 1. The van der Waals surface area contributed by atoms with Crippen LogP contribution in [0.3, 0.4) is 0 Å². The summed E-state index contributed by atoms with van der Waals surface area (Å²) < 4.78 is 29.2. The molecule has 0 heterocycles. The second kappa shape index (κ2) is 7.06. The maximum atomic E-state index is 12.1. The highest BCUT2D eigenvalue weighted by molar-refractivity contribution is 7.90. The summed E-state index contributed by atoms with van der Waals surface area (Å²) in [5, 5.41) is 0. The maximum Gasteiger partial charge on any atom is 0.299 e. The molecule has 2 N–H and O–H groups in total. The predicted octanol–water partition coefficient (Wildman–Crippen LogP) is 2.86. The van der Waals surface area contributed by atoms with Crippen LogP contribution < -0.4 is 9.44 Å². The quantitative estimate of drug-likeness (QED) is 0.773. The highest BCUT2D eigenvalue weighted by Crippen LogP contribution is 2.17. The van der Waals surface area contributed by atoms with Gasteiger partial charge >= 0.3 is 0 Å². The largest absolute Gasteiger partial charge is 0.299 e. The Balaban J connectivity index is 2.06. The Morgan fingerprint density at radius 3 is 2.38 bits per heavy atom. The monoisotopic (exact) mass is 302 g/mol. The summed E-state index contributed by atoms with van der Waals surface area (Å²) in [7, 11) is -3.61. The van der Waals surface area contributed by atoms with Crippen LogP contribution in [0.1, 0.15) is 11.1 Å². The summed E-state index contributed by atoms with van der Waals surface area (Å²) in [6, 6.07) is 16.6. The average Bonchev–Trinajstić information content (AvgIpc) is 2.48. The summed E-state index contributed by atoms with van der Waals surface area (Å²) in [5.74, 6) is 0. The Morgan fingerprint density at radius 1 is 1.00 bits per heavy atom. The first-order chi connectivity index (χ1) is 10.1. The van der Waals surface area contributed by atoms with Gasteiger partial charge in [0.1, 0.15) is 0 Å². The second-order valence-electron chi connectivity index (χ2n) is 4.56. The van der Waals surface area contributed by atoms with Crippen molar-refractivity contribution in [1.82, 2.24) is 4.72 Å². The first-order valence-electron chi connectivity index (χ1n) is 6.61. The molecule has 0 saturated carbocycles. The van der Waals surface area contributed by atoms with Gasteiger partial charge in [-0.25, -0.2) is 0 Å². The smallest absolute Gasteiger partial charge is 0.271 e. The second-order valence-corrected chi connectivity index (χ2v) is 6.06. The van der Waals surface area contributed by atoms with Gasteiger partial charge in [0.2, 0.25) is 0 Å². The first kappa shape index (κ1) is 15.3. The maximum absolute atomic E-state index is 12.1. The first-order valence-corrected chi connectivity index (χ1v) is 8.09. The molecule has 0 radical (unpaired) electrons. The molecular weight excluding hydrogens is 284 g/mol. The van der Waals surface area contributed by atoms with E-state index in [2.05, 4.69) is 16.0 Å². The summed E-state index contributed by atoms with van der Waals surface area (Å²) in [4.78, 5) is 0. The van der Waals surface area contributed by atoms with Crippen LogP contribution in [-0.4, -0.2) is 8.42 Å². The van der Waals surface area contributed by atoms with Crippen LogP contribution in [0.15, 0.2) is 67.3 Å². The molecule has 0 unspecified atom stereocenters. The van der Waals surface area contributed by atoms with E-state index in [0.717, 1.165) is 11.1 Å². The summed E-state index contributed by atoms with van der Waals surface area (Å²) >= 11 is 0. The molecule has 2 rings (SSSR count). The lowest BCUT2D eigenvalue weighted by Gasteiger charge is -2.12. The fourth-order valence-electron chi connectivity index (χ4n) is 1.91. The minimum atomic E-state index is -3.61. The van der Waals surface area contributed by atoms with E-state index in [1.807, 2.05) is 42.5 Å². The van der Waals surface area contributed by atoms with Crippen LogP contribution in [0.2, 0.25) is 0 Å². The predicted molar refractivity (Wildman–Crippen MR) is 86.2 cm³/mol. The standard InChI is InChI=1S/C16H18N2O2S/c1-2-8-15-11-6-7-12-16(15)18-21(19,20)17-13-14-9-4-3-5-10-14/h2-7,9-12,17-18H,1,8,13H2. The van der Waals surface area contributed by atoms with Gasteiger partial charge < -0.3 is 0 Å². The Morgan fingerprint density at radius 2 is 1.67 bits per heavy atom. The van der Waals surface area contributed by atoms with E-state index >= 15 is 0 Å². The molecule has 2 aromatic carbocycles. The zero-order chi connectivity index (χ0) is 15.1. The SMILES string of the molecule is C=CCc1ccccc1NS(=O)(=O)NCc1ccccc1. The summed E-state index contributed by atoms with van der Waals surface area (Å²) in [6.45, 7) is 3.93. The van der Waals surface area contributed by atoms with E-state index in [1.165, 1.54) is 0 Å². The van der Waals surface area contributed by atoms with E-state index in [-0.39, 0.29) is 6.54 Å². The molecule has 0 fully saturated rings. The molecule has 0 aliphatic rings. The van der Waals surface area contributed by atoms with Crippen LogP contribution in [0, 0.1) is 0 Å². The molecule has 110 valence electrons. The van der Waals surface area contributed by atoms with Crippen molar-refractivity contribution in [2.45, 2.75) is 13.0 Å². The number of benzene rings is 2. The molecule has 21 heavy (non-hydrogen) atoms. The third-order valence-corrected chi connectivity index (χ3v) is 3.95. The highest BCUT2D eigenvalue weighted by atomic mass is 32.2. The Hall–Kier alpha value is -2.11. The summed E-state index contributed by atoms with van der Waals surface area (Å²) in [6.07, 6.45) is 2.35.